The third-order valence-corrected chi connectivity index (χ3v) is 2.34. The summed E-state index contributed by atoms with van der Waals surface area (Å²) in [6, 6.07) is 0. The van der Waals surface area contributed by atoms with E-state index in [1.165, 1.54) is 25.7 Å². The van der Waals surface area contributed by atoms with E-state index in [1.54, 1.807) is 0 Å². The second-order valence-corrected chi connectivity index (χ2v) is 3.66. The van der Waals surface area contributed by atoms with Crippen LogP contribution in [-0.2, 0) is 0 Å². The van der Waals surface area contributed by atoms with Gasteiger partial charge in [0.15, 0.2) is 0 Å². The fourth-order valence-electron chi connectivity index (χ4n) is 1.52. The fourth-order valence-corrected chi connectivity index (χ4v) is 1.52. The molecule has 0 amide bonds. The first-order valence-corrected chi connectivity index (χ1v) is 4.44. The molecule has 0 spiro atoms. The van der Waals surface area contributed by atoms with Crippen molar-refractivity contribution in [2.24, 2.45) is 11.8 Å². The zero-order chi connectivity index (χ0) is 7.40. The van der Waals surface area contributed by atoms with Crippen LogP contribution in [-0.4, -0.2) is 0 Å². The Labute approximate surface area is 65.0 Å². The molecule has 10 heavy (non-hydrogen) atoms. The predicted molar refractivity (Wildman–Crippen MR) is 45.4 cm³/mol. The molecule has 58 valence electrons. The van der Waals surface area contributed by atoms with E-state index in [2.05, 4.69) is 26.7 Å². The van der Waals surface area contributed by atoms with Crippen LogP contribution in [0.2, 0.25) is 0 Å². The minimum absolute atomic E-state index is 0.826. The van der Waals surface area contributed by atoms with E-state index in [9.17, 15) is 0 Å². The SMILES string of the molecule is CC1[CH]CCC(C)C[CH]C1. The van der Waals surface area contributed by atoms with Gasteiger partial charge in [0, 0.05) is 0 Å². The molecule has 1 saturated carbocycles. The summed E-state index contributed by atoms with van der Waals surface area (Å²) in [5.41, 5.74) is 0. The second kappa shape index (κ2) is 4.00. The molecule has 0 aromatic rings. The van der Waals surface area contributed by atoms with Gasteiger partial charge in [-0.3, -0.25) is 0 Å². The van der Waals surface area contributed by atoms with E-state index >= 15 is 0 Å². The van der Waals surface area contributed by atoms with Crippen molar-refractivity contribution >= 4 is 0 Å². The van der Waals surface area contributed by atoms with E-state index < -0.39 is 0 Å². The Morgan fingerprint density at radius 3 is 2.80 bits per heavy atom. The second-order valence-electron chi connectivity index (χ2n) is 3.66. The lowest BCUT2D eigenvalue weighted by Gasteiger charge is -2.18. The molecule has 1 aliphatic rings. The monoisotopic (exact) mass is 138 g/mol. The van der Waals surface area contributed by atoms with Crippen LogP contribution in [0.15, 0.2) is 0 Å². The lowest BCUT2D eigenvalue weighted by molar-refractivity contribution is 0.454. The summed E-state index contributed by atoms with van der Waals surface area (Å²) in [5, 5.41) is 0. The van der Waals surface area contributed by atoms with E-state index in [1.807, 2.05) is 0 Å². The van der Waals surface area contributed by atoms with Crippen LogP contribution in [0.1, 0.15) is 39.5 Å². The summed E-state index contributed by atoms with van der Waals surface area (Å²) >= 11 is 0. The van der Waals surface area contributed by atoms with Gasteiger partial charge in [0.05, 0.1) is 0 Å². The van der Waals surface area contributed by atoms with Gasteiger partial charge in [0.25, 0.3) is 0 Å². The Hall–Kier alpha value is 0. The molecule has 0 aromatic carbocycles. The van der Waals surface area contributed by atoms with Crippen molar-refractivity contribution in [2.45, 2.75) is 39.5 Å². The van der Waals surface area contributed by atoms with E-state index in [0.29, 0.717) is 0 Å². The van der Waals surface area contributed by atoms with Crippen LogP contribution >= 0.6 is 0 Å². The van der Waals surface area contributed by atoms with Gasteiger partial charge in [-0.25, -0.2) is 0 Å². The number of hydrogen-bond donors (Lipinski definition) is 0. The van der Waals surface area contributed by atoms with Gasteiger partial charge in [0.2, 0.25) is 0 Å². The Morgan fingerprint density at radius 2 is 2.00 bits per heavy atom. The van der Waals surface area contributed by atoms with Crippen molar-refractivity contribution < 1.29 is 0 Å². The Morgan fingerprint density at radius 1 is 1.20 bits per heavy atom. The lowest BCUT2D eigenvalue weighted by atomic mass is 9.88. The predicted octanol–water partition coefficient (Wildman–Crippen LogP) is 3.24. The molecule has 1 aliphatic carbocycles. The maximum absolute atomic E-state index is 2.46. The summed E-state index contributed by atoms with van der Waals surface area (Å²) in [7, 11) is 0. The largest absolute Gasteiger partial charge is 0.0625 e. The molecule has 2 atom stereocenters. The van der Waals surface area contributed by atoms with Gasteiger partial charge in [-0.15, -0.1) is 0 Å². The van der Waals surface area contributed by atoms with Crippen molar-refractivity contribution in [3.63, 3.8) is 0 Å². The maximum atomic E-state index is 2.46. The molecular formula is C10H18. The summed E-state index contributed by atoms with van der Waals surface area (Å²) in [6.07, 6.45) is 10.3. The highest BCUT2D eigenvalue weighted by atomic mass is 14.2. The summed E-state index contributed by atoms with van der Waals surface area (Å²) in [4.78, 5) is 0. The quantitative estimate of drug-likeness (QED) is 0.482. The summed E-state index contributed by atoms with van der Waals surface area (Å²) < 4.78 is 0. The maximum Gasteiger partial charge on any atom is -0.0357 e. The lowest BCUT2D eigenvalue weighted by Crippen LogP contribution is -2.05. The zero-order valence-electron chi connectivity index (χ0n) is 7.14. The molecule has 0 aliphatic heterocycles. The first-order valence-electron chi connectivity index (χ1n) is 4.44. The number of hydrogen-bond acceptors (Lipinski definition) is 0. The normalized spacial score (nSPS) is 36.6. The Bertz CT molecular complexity index is 66.0. The molecule has 2 unspecified atom stereocenters. The van der Waals surface area contributed by atoms with Gasteiger partial charge in [-0.1, -0.05) is 20.3 Å². The highest BCUT2D eigenvalue weighted by molar-refractivity contribution is 4.83. The van der Waals surface area contributed by atoms with Crippen molar-refractivity contribution in [3.8, 4) is 0 Å². The smallest absolute Gasteiger partial charge is 0.0357 e. The first-order chi connectivity index (χ1) is 4.79. The third-order valence-electron chi connectivity index (χ3n) is 2.34. The van der Waals surface area contributed by atoms with Crippen molar-refractivity contribution in [1.29, 1.82) is 0 Å². The molecule has 0 nitrogen and oxygen atoms in total. The molecule has 1 rings (SSSR count). The van der Waals surface area contributed by atoms with Crippen LogP contribution in [0, 0.1) is 24.7 Å². The van der Waals surface area contributed by atoms with Crippen molar-refractivity contribution in [3.05, 3.63) is 12.8 Å². The average molecular weight is 138 g/mol. The molecule has 0 heteroatoms. The highest BCUT2D eigenvalue weighted by Crippen LogP contribution is 2.23. The molecule has 0 aromatic heterocycles. The average Bonchev–Trinajstić information content (AvgIpc) is 1.84. The molecule has 2 radical (unpaired) electrons. The van der Waals surface area contributed by atoms with Crippen LogP contribution < -0.4 is 0 Å². The third kappa shape index (κ3) is 2.72. The first kappa shape index (κ1) is 8.10. The van der Waals surface area contributed by atoms with Crippen molar-refractivity contribution in [1.82, 2.24) is 0 Å². The van der Waals surface area contributed by atoms with Crippen LogP contribution in [0.25, 0.3) is 0 Å². The molecule has 1 fully saturated rings. The highest BCUT2D eigenvalue weighted by Gasteiger charge is 2.10. The topological polar surface area (TPSA) is 0 Å². The molecule has 0 N–H and O–H groups in total. The van der Waals surface area contributed by atoms with E-state index in [-0.39, 0.29) is 0 Å². The van der Waals surface area contributed by atoms with Crippen LogP contribution in [0.4, 0.5) is 0 Å². The van der Waals surface area contributed by atoms with Gasteiger partial charge in [0.1, 0.15) is 0 Å². The Kier molecular flexibility index (Phi) is 3.24. The van der Waals surface area contributed by atoms with E-state index in [4.69, 9.17) is 0 Å². The summed E-state index contributed by atoms with van der Waals surface area (Å²) in [5.74, 6) is 1.75. The minimum Gasteiger partial charge on any atom is -0.0625 e. The van der Waals surface area contributed by atoms with Crippen LogP contribution in [0.5, 0.6) is 0 Å². The van der Waals surface area contributed by atoms with Gasteiger partial charge < -0.3 is 0 Å². The molecular weight excluding hydrogens is 120 g/mol. The zero-order valence-corrected chi connectivity index (χ0v) is 7.14. The van der Waals surface area contributed by atoms with E-state index in [0.717, 1.165) is 11.8 Å². The summed E-state index contributed by atoms with van der Waals surface area (Å²) in [6.45, 7) is 4.66. The van der Waals surface area contributed by atoms with Gasteiger partial charge >= 0.3 is 0 Å². The van der Waals surface area contributed by atoms with Crippen molar-refractivity contribution in [2.75, 3.05) is 0 Å². The molecule has 0 heterocycles. The van der Waals surface area contributed by atoms with Gasteiger partial charge in [-0.2, -0.15) is 0 Å². The standard InChI is InChI=1S/C10H18/c1-9-5-3-7-10(2)8-4-6-9/h3,6,9-10H,4-5,7-8H2,1-2H3. The molecule has 0 bridgehead atoms. The fraction of sp³-hybridized carbons (Fsp3) is 0.800. The molecule has 0 saturated heterocycles. The Balaban J connectivity index is 2.21. The number of rotatable bonds is 0. The van der Waals surface area contributed by atoms with Crippen LogP contribution in [0.3, 0.4) is 0 Å². The minimum atomic E-state index is 0.826. The van der Waals surface area contributed by atoms with Gasteiger partial charge in [-0.05, 0) is 43.9 Å².